The van der Waals surface area contributed by atoms with E-state index in [1.54, 1.807) is 11.9 Å². The van der Waals surface area contributed by atoms with Crippen LogP contribution in [0.4, 0.5) is 5.69 Å². The summed E-state index contributed by atoms with van der Waals surface area (Å²) in [6.07, 6.45) is 0. The summed E-state index contributed by atoms with van der Waals surface area (Å²) in [7, 11) is 0. The standard InChI is InChI=1S/C12H20N2S/c1-3-14(4-2)10-11-15-13-12-8-6-5-7-9-12/h5-9,13H,3-4,10-11H2,1-2H3. The van der Waals surface area contributed by atoms with Gasteiger partial charge >= 0.3 is 0 Å². The maximum Gasteiger partial charge on any atom is 0.0440 e. The number of para-hydroxylation sites is 1. The zero-order valence-corrected chi connectivity index (χ0v) is 10.4. The van der Waals surface area contributed by atoms with Crippen molar-refractivity contribution in [2.24, 2.45) is 0 Å². The second kappa shape index (κ2) is 7.60. The van der Waals surface area contributed by atoms with E-state index in [0.717, 1.165) is 25.4 Å². The monoisotopic (exact) mass is 224 g/mol. The van der Waals surface area contributed by atoms with Gasteiger partial charge in [0, 0.05) is 18.0 Å². The third-order valence-electron chi connectivity index (χ3n) is 2.37. The molecule has 0 aromatic heterocycles. The molecule has 3 heteroatoms. The molecule has 1 aromatic carbocycles. The van der Waals surface area contributed by atoms with Gasteiger partial charge in [0.15, 0.2) is 0 Å². The van der Waals surface area contributed by atoms with Gasteiger partial charge < -0.3 is 9.62 Å². The van der Waals surface area contributed by atoms with Crippen LogP contribution in [0, 0.1) is 0 Å². The maximum absolute atomic E-state index is 3.34. The van der Waals surface area contributed by atoms with Crippen LogP contribution in [0.1, 0.15) is 13.8 Å². The number of hydrogen-bond acceptors (Lipinski definition) is 3. The molecule has 0 saturated carbocycles. The van der Waals surface area contributed by atoms with Gasteiger partial charge in [0.05, 0.1) is 0 Å². The van der Waals surface area contributed by atoms with Crippen molar-refractivity contribution >= 4 is 17.6 Å². The summed E-state index contributed by atoms with van der Waals surface area (Å²) in [4.78, 5) is 2.43. The predicted molar refractivity (Wildman–Crippen MR) is 70.3 cm³/mol. The average Bonchev–Trinajstić information content (AvgIpc) is 2.31. The zero-order chi connectivity index (χ0) is 10.9. The Kier molecular flexibility index (Phi) is 6.28. The molecule has 0 aliphatic rings. The fourth-order valence-corrected chi connectivity index (χ4v) is 2.11. The third kappa shape index (κ3) is 5.09. The largest absolute Gasteiger partial charge is 0.330 e. The van der Waals surface area contributed by atoms with Crippen LogP contribution in [0.25, 0.3) is 0 Å². The molecule has 1 aromatic rings. The lowest BCUT2D eigenvalue weighted by atomic mass is 10.3. The summed E-state index contributed by atoms with van der Waals surface area (Å²) in [5.41, 5.74) is 1.18. The van der Waals surface area contributed by atoms with Crippen molar-refractivity contribution in [3.8, 4) is 0 Å². The van der Waals surface area contributed by atoms with Gasteiger partial charge in [-0.25, -0.2) is 0 Å². The highest BCUT2D eigenvalue weighted by molar-refractivity contribution is 8.00. The van der Waals surface area contributed by atoms with Gasteiger partial charge in [-0.2, -0.15) is 0 Å². The fourth-order valence-electron chi connectivity index (χ4n) is 1.36. The Hall–Kier alpha value is -0.670. The van der Waals surface area contributed by atoms with Crippen LogP contribution in [0.3, 0.4) is 0 Å². The molecule has 0 atom stereocenters. The molecule has 0 aliphatic heterocycles. The lowest BCUT2D eigenvalue weighted by Crippen LogP contribution is -2.25. The summed E-state index contributed by atoms with van der Waals surface area (Å²) in [5, 5.41) is 0. The molecule has 15 heavy (non-hydrogen) atoms. The number of nitrogens with zero attached hydrogens (tertiary/aromatic N) is 1. The molecule has 0 amide bonds. The van der Waals surface area contributed by atoms with E-state index < -0.39 is 0 Å². The minimum absolute atomic E-state index is 1.12. The van der Waals surface area contributed by atoms with Crippen molar-refractivity contribution in [1.29, 1.82) is 0 Å². The predicted octanol–water partition coefficient (Wildman–Crippen LogP) is 3.09. The number of benzene rings is 1. The van der Waals surface area contributed by atoms with Crippen LogP contribution in [0.15, 0.2) is 30.3 Å². The minimum Gasteiger partial charge on any atom is -0.330 e. The first-order valence-corrected chi connectivity index (χ1v) is 6.50. The molecule has 1 rings (SSSR count). The molecule has 2 nitrogen and oxygen atoms in total. The Morgan fingerprint density at radius 1 is 1.13 bits per heavy atom. The summed E-state index contributed by atoms with van der Waals surface area (Å²) >= 11 is 1.77. The molecule has 0 saturated heterocycles. The van der Waals surface area contributed by atoms with Crippen LogP contribution < -0.4 is 4.72 Å². The molecule has 0 unspecified atom stereocenters. The van der Waals surface area contributed by atoms with Crippen molar-refractivity contribution in [2.75, 3.05) is 30.1 Å². The molecule has 1 N–H and O–H groups in total. The quantitative estimate of drug-likeness (QED) is 0.566. The summed E-state index contributed by atoms with van der Waals surface area (Å²) in [6.45, 7) is 7.85. The second-order valence-electron chi connectivity index (χ2n) is 3.34. The Balaban J connectivity index is 2.12. The van der Waals surface area contributed by atoms with Crippen molar-refractivity contribution < 1.29 is 0 Å². The summed E-state index contributed by atoms with van der Waals surface area (Å²) < 4.78 is 3.34. The topological polar surface area (TPSA) is 15.3 Å². The maximum atomic E-state index is 3.34. The van der Waals surface area contributed by atoms with Gasteiger partial charge in [-0.1, -0.05) is 44.0 Å². The first kappa shape index (κ1) is 12.4. The smallest absolute Gasteiger partial charge is 0.0440 e. The van der Waals surface area contributed by atoms with Crippen LogP contribution in [0.5, 0.6) is 0 Å². The van der Waals surface area contributed by atoms with E-state index in [9.17, 15) is 0 Å². The van der Waals surface area contributed by atoms with E-state index >= 15 is 0 Å². The molecule has 0 fully saturated rings. The van der Waals surface area contributed by atoms with Gasteiger partial charge in [-0.05, 0) is 25.2 Å². The molecule has 0 aliphatic carbocycles. The highest BCUT2D eigenvalue weighted by Gasteiger charge is 1.98. The fraction of sp³-hybridized carbons (Fsp3) is 0.500. The third-order valence-corrected chi connectivity index (χ3v) is 3.13. The Bertz CT molecular complexity index is 247. The molecular weight excluding hydrogens is 204 g/mol. The van der Waals surface area contributed by atoms with E-state index in [1.165, 1.54) is 5.69 Å². The summed E-state index contributed by atoms with van der Waals surface area (Å²) in [6, 6.07) is 10.3. The van der Waals surface area contributed by atoms with Crippen LogP contribution in [-0.4, -0.2) is 30.3 Å². The van der Waals surface area contributed by atoms with Crippen molar-refractivity contribution in [2.45, 2.75) is 13.8 Å². The van der Waals surface area contributed by atoms with Crippen molar-refractivity contribution in [1.82, 2.24) is 4.90 Å². The Labute approximate surface area is 97.2 Å². The zero-order valence-electron chi connectivity index (χ0n) is 9.57. The lowest BCUT2D eigenvalue weighted by molar-refractivity contribution is 0.324. The number of rotatable bonds is 7. The van der Waals surface area contributed by atoms with E-state index in [1.807, 2.05) is 18.2 Å². The highest BCUT2D eigenvalue weighted by Crippen LogP contribution is 2.11. The SMILES string of the molecule is CCN(CC)CCSNc1ccccc1. The Morgan fingerprint density at radius 2 is 1.80 bits per heavy atom. The van der Waals surface area contributed by atoms with Gasteiger partial charge in [0.1, 0.15) is 0 Å². The van der Waals surface area contributed by atoms with E-state index in [4.69, 9.17) is 0 Å². The van der Waals surface area contributed by atoms with Gasteiger partial charge in [-0.3, -0.25) is 0 Å². The van der Waals surface area contributed by atoms with E-state index in [0.29, 0.717) is 0 Å². The molecule has 0 heterocycles. The summed E-state index contributed by atoms with van der Waals surface area (Å²) in [5.74, 6) is 1.12. The molecule has 84 valence electrons. The molecule has 0 bridgehead atoms. The minimum atomic E-state index is 1.12. The Morgan fingerprint density at radius 3 is 2.40 bits per heavy atom. The number of nitrogens with one attached hydrogen (secondary N) is 1. The lowest BCUT2D eigenvalue weighted by Gasteiger charge is -2.17. The van der Waals surface area contributed by atoms with Crippen LogP contribution >= 0.6 is 11.9 Å². The highest BCUT2D eigenvalue weighted by atomic mass is 32.2. The first-order chi connectivity index (χ1) is 7.36. The van der Waals surface area contributed by atoms with E-state index in [-0.39, 0.29) is 0 Å². The van der Waals surface area contributed by atoms with Gasteiger partial charge in [0.2, 0.25) is 0 Å². The average molecular weight is 224 g/mol. The molecule has 0 radical (unpaired) electrons. The first-order valence-electron chi connectivity index (χ1n) is 5.52. The number of anilines is 1. The van der Waals surface area contributed by atoms with Crippen LogP contribution in [0.2, 0.25) is 0 Å². The second-order valence-corrected chi connectivity index (χ2v) is 4.24. The molecular formula is C12H20N2S. The molecule has 0 spiro atoms. The van der Waals surface area contributed by atoms with E-state index in [2.05, 4.69) is 35.6 Å². The normalized spacial score (nSPS) is 10.6. The van der Waals surface area contributed by atoms with Gasteiger partial charge in [-0.15, -0.1) is 0 Å². The van der Waals surface area contributed by atoms with Crippen molar-refractivity contribution in [3.05, 3.63) is 30.3 Å². The van der Waals surface area contributed by atoms with Gasteiger partial charge in [0.25, 0.3) is 0 Å². The number of hydrogen-bond donors (Lipinski definition) is 1. The van der Waals surface area contributed by atoms with Crippen molar-refractivity contribution in [3.63, 3.8) is 0 Å². The van der Waals surface area contributed by atoms with Crippen LogP contribution in [-0.2, 0) is 0 Å².